The maximum atomic E-state index is 11.0. The number of hydrogen-bond donors (Lipinski definition) is 2. The second kappa shape index (κ2) is 5.01. The summed E-state index contributed by atoms with van der Waals surface area (Å²) in [6.45, 7) is 2.96. The Kier molecular flexibility index (Phi) is 3.82. The molecule has 0 aromatic carbocycles. The van der Waals surface area contributed by atoms with Crippen LogP contribution in [0.2, 0.25) is 0 Å². The van der Waals surface area contributed by atoms with E-state index in [1.54, 1.807) is 0 Å². The molecule has 96 valence electrons. The van der Waals surface area contributed by atoms with Crippen molar-refractivity contribution in [3.8, 4) is 0 Å². The smallest absolute Gasteiger partial charge is 0.215 e. The number of nitrogens with zero attached hydrogens (tertiary/aromatic N) is 1. The number of aryl methyl sites for hydroxylation is 1. The number of nitrogens with two attached hydrogens (primary N) is 1. The quantitative estimate of drug-likeness (QED) is 0.855. The first-order valence-corrected chi connectivity index (χ1v) is 8.25. The SMILES string of the molecule is CCNC1CCCc2sc(CS(N)(=O)=O)nc21. The molecule has 1 heterocycles. The highest BCUT2D eigenvalue weighted by Gasteiger charge is 2.24. The van der Waals surface area contributed by atoms with Crippen molar-refractivity contribution in [2.75, 3.05) is 6.54 Å². The van der Waals surface area contributed by atoms with Crippen LogP contribution in [0.1, 0.15) is 41.4 Å². The molecule has 0 saturated carbocycles. The average molecular weight is 275 g/mol. The van der Waals surface area contributed by atoms with Crippen LogP contribution >= 0.6 is 11.3 Å². The number of hydrogen-bond acceptors (Lipinski definition) is 5. The number of primary sulfonamides is 1. The molecular weight excluding hydrogens is 258 g/mol. The zero-order valence-electron chi connectivity index (χ0n) is 9.77. The minimum Gasteiger partial charge on any atom is -0.309 e. The average Bonchev–Trinajstić information content (AvgIpc) is 2.58. The highest BCUT2D eigenvalue weighted by Crippen LogP contribution is 2.33. The summed E-state index contributed by atoms with van der Waals surface area (Å²) in [6.07, 6.45) is 3.20. The van der Waals surface area contributed by atoms with Crippen molar-refractivity contribution in [1.82, 2.24) is 10.3 Å². The summed E-state index contributed by atoms with van der Waals surface area (Å²) >= 11 is 1.48. The van der Waals surface area contributed by atoms with Gasteiger partial charge in [-0.1, -0.05) is 6.92 Å². The Morgan fingerprint density at radius 2 is 2.35 bits per heavy atom. The fourth-order valence-electron chi connectivity index (χ4n) is 2.15. The third-order valence-corrected chi connectivity index (χ3v) is 4.76. The second-order valence-corrected chi connectivity index (χ2v) is 7.01. The summed E-state index contributed by atoms with van der Waals surface area (Å²) in [5.74, 6) is -0.149. The van der Waals surface area contributed by atoms with E-state index >= 15 is 0 Å². The number of aromatic nitrogens is 1. The van der Waals surface area contributed by atoms with Crippen LogP contribution in [-0.4, -0.2) is 19.9 Å². The normalized spacial score (nSPS) is 20.2. The molecule has 3 N–H and O–H groups in total. The number of sulfonamides is 1. The van der Waals surface area contributed by atoms with Crippen LogP contribution in [0.3, 0.4) is 0 Å². The molecule has 0 fully saturated rings. The number of thiazole rings is 1. The second-order valence-electron chi connectivity index (χ2n) is 4.23. The largest absolute Gasteiger partial charge is 0.309 e. The van der Waals surface area contributed by atoms with Crippen LogP contribution in [0.25, 0.3) is 0 Å². The van der Waals surface area contributed by atoms with Gasteiger partial charge in [-0.05, 0) is 25.8 Å². The molecule has 1 aromatic heterocycles. The number of fused-ring (bicyclic) bond motifs is 1. The third kappa shape index (κ3) is 3.25. The summed E-state index contributed by atoms with van der Waals surface area (Å²) in [4.78, 5) is 5.64. The highest BCUT2D eigenvalue weighted by molar-refractivity contribution is 7.88. The van der Waals surface area contributed by atoms with Crippen LogP contribution in [0.15, 0.2) is 0 Å². The van der Waals surface area contributed by atoms with Gasteiger partial charge in [0.15, 0.2) is 0 Å². The van der Waals surface area contributed by atoms with Gasteiger partial charge in [-0.25, -0.2) is 18.5 Å². The summed E-state index contributed by atoms with van der Waals surface area (Å²) in [6, 6.07) is 0.272. The van der Waals surface area contributed by atoms with Gasteiger partial charge in [-0.3, -0.25) is 0 Å². The Balaban J connectivity index is 2.24. The first kappa shape index (κ1) is 12.9. The summed E-state index contributed by atoms with van der Waals surface area (Å²) < 4.78 is 22.1. The first-order valence-electron chi connectivity index (χ1n) is 5.72. The molecular formula is C10H17N3O2S2. The maximum absolute atomic E-state index is 11.0. The third-order valence-electron chi connectivity index (χ3n) is 2.77. The zero-order valence-corrected chi connectivity index (χ0v) is 11.4. The zero-order chi connectivity index (χ0) is 12.5. The minimum atomic E-state index is -3.48. The van der Waals surface area contributed by atoms with Crippen molar-refractivity contribution >= 4 is 21.4 Å². The molecule has 2 rings (SSSR count). The van der Waals surface area contributed by atoms with Gasteiger partial charge < -0.3 is 5.32 Å². The molecule has 1 aliphatic carbocycles. The molecule has 0 bridgehead atoms. The molecule has 7 heteroatoms. The van der Waals surface area contributed by atoms with Crippen molar-refractivity contribution in [2.24, 2.45) is 5.14 Å². The van der Waals surface area contributed by atoms with E-state index in [0.717, 1.165) is 31.5 Å². The van der Waals surface area contributed by atoms with Gasteiger partial charge in [-0.15, -0.1) is 11.3 Å². The van der Waals surface area contributed by atoms with E-state index in [1.165, 1.54) is 16.2 Å². The van der Waals surface area contributed by atoms with Crippen molar-refractivity contribution < 1.29 is 8.42 Å². The fraction of sp³-hybridized carbons (Fsp3) is 0.700. The van der Waals surface area contributed by atoms with Gasteiger partial charge in [0.2, 0.25) is 10.0 Å². The highest BCUT2D eigenvalue weighted by atomic mass is 32.2. The predicted molar refractivity (Wildman–Crippen MR) is 68.3 cm³/mol. The van der Waals surface area contributed by atoms with Crippen LogP contribution in [0.4, 0.5) is 0 Å². The van der Waals surface area contributed by atoms with E-state index in [2.05, 4.69) is 17.2 Å². The lowest BCUT2D eigenvalue weighted by atomic mass is 9.98. The predicted octanol–water partition coefficient (Wildman–Crippen LogP) is 0.918. The van der Waals surface area contributed by atoms with Crippen LogP contribution < -0.4 is 10.5 Å². The fourth-order valence-corrected chi connectivity index (χ4v) is 4.25. The van der Waals surface area contributed by atoms with Gasteiger partial charge >= 0.3 is 0 Å². The summed E-state index contributed by atoms with van der Waals surface area (Å²) in [5.41, 5.74) is 1.03. The molecule has 0 radical (unpaired) electrons. The van der Waals surface area contributed by atoms with Crippen molar-refractivity contribution in [2.45, 2.75) is 38.0 Å². The Bertz CT molecular complexity index is 496. The lowest BCUT2D eigenvalue weighted by Gasteiger charge is -2.21. The molecule has 1 atom stereocenters. The molecule has 1 aromatic rings. The van der Waals surface area contributed by atoms with Gasteiger partial charge in [0.05, 0.1) is 11.7 Å². The first-order chi connectivity index (χ1) is 7.99. The van der Waals surface area contributed by atoms with E-state index in [4.69, 9.17) is 5.14 Å². The maximum Gasteiger partial charge on any atom is 0.215 e. The van der Waals surface area contributed by atoms with Crippen molar-refractivity contribution in [1.29, 1.82) is 0 Å². The van der Waals surface area contributed by atoms with E-state index < -0.39 is 10.0 Å². The molecule has 0 amide bonds. The Morgan fingerprint density at radius 1 is 1.59 bits per heavy atom. The topological polar surface area (TPSA) is 85.1 Å². The standard InChI is InChI=1S/C10H17N3O2S2/c1-2-12-7-4-3-5-8-10(7)13-9(16-8)6-17(11,14)15/h7,12H,2-6H2,1H3,(H2,11,14,15). The van der Waals surface area contributed by atoms with Crippen molar-refractivity contribution in [3.63, 3.8) is 0 Å². The molecule has 0 saturated heterocycles. The van der Waals surface area contributed by atoms with Gasteiger partial charge in [-0.2, -0.15) is 0 Å². The van der Waals surface area contributed by atoms with E-state index in [9.17, 15) is 8.42 Å². The molecule has 1 aliphatic rings. The van der Waals surface area contributed by atoms with E-state index in [-0.39, 0.29) is 11.8 Å². The Hall–Kier alpha value is -0.500. The van der Waals surface area contributed by atoms with E-state index in [1.807, 2.05) is 0 Å². The molecule has 5 nitrogen and oxygen atoms in total. The lowest BCUT2D eigenvalue weighted by Crippen LogP contribution is -2.24. The van der Waals surface area contributed by atoms with Crippen molar-refractivity contribution in [3.05, 3.63) is 15.6 Å². The van der Waals surface area contributed by atoms with Crippen LogP contribution in [0.5, 0.6) is 0 Å². The summed E-state index contributed by atoms with van der Waals surface area (Å²) in [7, 11) is -3.48. The van der Waals surface area contributed by atoms with Gasteiger partial charge in [0.1, 0.15) is 10.8 Å². The molecule has 1 unspecified atom stereocenters. The van der Waals surface area contributed by atoms with Gasteiger partial charge in [0, 0.05) is 4.88 Å². The van der Waals surface area contributed by atoms with Crippen LogP contribution in [-0.2, 0) is 22.2 Å². The van der Waals surface area contributed by atoms with E-state index in [0.29, 0.717) is 5.01 Å². The Labute approximate surface area is 105 Å². The molecule has 0 aliphatic heterocycles. The molecule has 17 heavy (non-hydrogen) atoms. The lowest BCUT2D eigenvalue weighted by molar-refractivity contribution is 0.465. The minimum absolute atomic E-state index is 0.149. The molecule has 0 spiro atoms. The monoisotopic (exact) mass is 275 g/mol. The number of rotatable bonds is 4. The van der Waals surface area contributed by atoms with Crippen LogP contribution in [0, 0.1) is 0 Å². The summed E-state index contributed by atoms with van der Waals surface area (Å²) in [5, 5.41) is 9.04. The van der Waals surface area contributed by atoms with Gasteiger partial charge in [0.25, 0.3) is 0 Å². The number of nitrogens with one attached hydrogen (secondary N) is 1. The Morgan fingerprint density at radius 3 is 3.00 bits per heavy atom.